The van der Waals surface area contributed by atoms with Gasteiger partial charge in [0.05, 0.1) is 0 Å². The van der Waals surface area contributed by atoms with E-state index in [9.17, 15) is 0 Å². The van der Waals surface area contributed by atoms with Gasteiger partial charge in [0.15, 0.2) is 0 Å². The van der Waals surface area contributed by atoms with E-state index < -0.39 is 0 Å². The minimum atomic E-state index is 0.434. The number of unbranched alkanes of at least 4 members (excludes halogenated alkanes) is 2. The van der Waals surface area contributed by atoms with E-state index in [2.05, 4.69) is 39.5 Å². The van der Waals surface area contributed by atoms with E-state index in [0.717, 1.165) is 5.75 Å². The van der Waals surface area contributed by atoms with E-state index in [0.29, 0.717) is 11.5 Å². The third-order valence-corrected chi connectivity index (χ3v) is 4.88. The molecule has 0 spiro atoms. The van der Waals surface area contributed by atoms with Crippen molar-refractivity contribution < 1.29 is 0 Å². The van der Waals surface area contributed by atoms with E-state index in [-0.39, 0.29) is 0 Å². The minimum Gasteiger partial charge on any atom is -0.300 e. The van der Waals surface area contributed by atoms with Gasteiger partial charge in [0, 0.05) is 12.6 Å². The summed E-state index contributed by atoms with van der Waals surface area (Å²) in [4.78, 5) is 2.69. The van der Waals surface area contributed by atoms with Crippen LogP contribution in [-0.4, -0.2) is 29.8 Å². The minimum absolute atomic E-state index is 0.434. The maximum absolute atomic E-state index is 4.70. The highest BCUT2D eigenvalue weighted by Crippen LogP contribution is 2.33. The monoisotopic (exact) mass is 287 g/mol. The molecule has 0 bridgehead atoms. The molecule has 0 aliphatic heterocycles. The summed E-state index contributed by atoms with van der Waals surface area (Å²) in [5, 5.41) is 0. The Labute approximate surface area is 127 Å². The van der Waals surface area contributed by atoms with Gasteiger partial charge in [-0.05, 0) is 50.8 Å². The van der Waals surface area contributed by atoms with Crippen molar-refractivity contribution >= 4 is 12.6 Å². The van der Waals surface area contributed by atoms with Crippen molar-refractivity contribution in [3.8, 4) is 0 Å². The molecule has 2 heteroatoms. The predicted molar refractivity (Wildman–Crippen MR) is 92.3 cm³/mol. The molecule has 0 aromatic carbocycles. The second-order valence-electron chi connectivity index (χ2n) is 6.43. The third kappa shape index (κ3) is 7.60. The molecule has 0 heterocycles. The smallest absolute Gasteiger partial charge is 0.00485 e. The van der Waals surface area contributed by atoms with Crippen LogP contribution in [-0.2, 0) is 0 Å². The van der Waals surface area contributed by atoms with Gasteiger partial charge in [-0.15, -0.1) is 0 Å². The Bertz CT molecular complexity index is 197. The Morgan fingerprint density at radius 3 is 1.89 bits per heavy atom. The molecule has 116 valence electrons. The highest BCUT2D eigenvalue weighted by Gasteiger charge is 2.30. The molecule has 1 nitrogen and oxygen atoms in total. The predicted octanol–water partition coefficient (Wildman–Crippen LogP) is 5.40. The van der Waals surface area contributed by atoms with Crippen LogP contribution in [0.2, 0.25) is 0 Å². The molecular weight excluding hydrogens is 250 g/mol. The summed E-state index contributed by atoms with van der Waals surface area (Å²) in [5.74, 6) is 1.03. The van der Waals surface area contributed by atoms with Crippen molar-refractivity contribution in [1.29, 1.82) is 0 Å². The highest BCUT2D eigenvalue weighted by molar-refractivity contribution is 7.80. The zero-order valence-corrected chi connectivity index (χ0v) is 14.9. The average molecular weight is 288 g/mol. The first-order valence-corrected chi connectivity index (χ1v) is 9.03. The van der Waals surface area contributed by atoms with Gasteiger partial charge in [-0.2, -0.15) is 12.6 Å². The molecule has 0 aromatic rings. The number of hydrogen-bond donors (Lipinski definition) is 1. The molecule has 0 radical (unpaired) electrons. The van der Waals surface area contributed by atoms with Gasteiger partial charge in [-0.1, -0.05) is 46.5 Å². The fraction of sp³-hybridized carbons (Fsp3) is 1.00. The Morgan fingerprint density at radius 2 is 1.53 bits per heavy atom. The fourth-order valence-corrected chi connectivity index (χ4v) is 3.48. The maximum Gasteiger partial charge on any atom is 0.00485 e. The van der Waals surface area contributed by atoms with Gasteiger partial charge < -0.3 is 4.90 Å². The Morgan fingerprint density at radius 1 is 0.947 bits per heavy atom. The summed E-state index contributed by atoms with van der Waals surface area (Å²) >= 11 is 4.70. The van der Waals surface area contributed by atoms with E-state index in [1.165, 1.54) is 58.0 Å². The number of rotatable bonds is 12. The molecule has 0 fully saturated rings. The number of hydrogen-bond acceptors (Lipinski definition) is 2. The molecule has 0 rings (SSSR count). The lowest BCUT2D eigenvalue weighted by molar-refractivity contribution is 0.118. The summed E-state index contributed by atoms with van der Waals surface area (Å²) in [6, 6.07) is 0.657. The van der Waals surface area contributed by atoms with Gasteiger partial charge in [0.2, 0.25) is 0 Å². The van der Waals surface area contributed by atoms with Crippen LogP contribution in [0.15, 0.2) is 0 Å². The lowest BCUT2D eigenvalue weighted by Gasteiger charge is -2.39. The van der Waals surface area contributed by atoms with Crippen molar-refractivity contribution in [1.82, 2.24) is 4.90 Å². The van der Waals surface area contributed by atoms with Crippen molar-refractivity contribution in [2.24, 2.45) is 5.41 Å². The summed E-state index contributed by atoms with van der Waals surface area (Å²) in [6.45, 7) is 14.1. The number of thiol groups is 1. The average Bonchev–Trinajstić information content (AvgIpc) is 2.38. The van der Waals surface area contributed by atoms with Crippen molar-refractivity contribution in [2.45, 2.75) is 85.6 Å². The van der Waals surface area contributed by atoms with Gasteiger partial charge in [0.25, 0.3) is 0 Å². The van der Waals surface area contributed by atoms with Crippen molar-refractivity contribution in [2.75, 3.05) is 18.8 Å². The maximum atomic E-state index is 4.70. The van der Waals surface area contributed by atoms with Crippen LogP contribution in [0.1, 0.15) is 79.6 Å². The molecule has 0 saturated carbocycles. The zero-order chi connectivity index (χ0) is 14.7. The summed E-state index contributed by atoms with van der Waals surface area (Å²) in [7, 11) is 0. The van der Waals surface area contributed by atoms with Crippen LogP contribution < -0.4 is 0 Å². The fourth-order valence-electron chi connectivity index (χ4n) is 3.07. The molecule has 0 amide bonds. The van der Waals surface area contributed by atoms with E-state index in [1.54, 1.807) is 0 Å². The molecule has 0 aliphatic rings. The SMILES string of the molecule is CCCCCN(CC(CS)(CCC)CCC)C(C)C. The van der Waals surface area contributed by atoms with Crippen LogP contribution in [0, 0.1) is 5.41 Å². The molecule has 0 unspecified atom stereocenters. The van der Waals surface area contributed by atoms with Gasteiger partial charge in [0.1, 0.15) is 0 Å². The molecular formula is C17H37NS. The van der Waals surface area contributed by atoms with Gasteiger partial charge >= 0.3 is 0 Å². The van der Waals surface area contributed by atoms with Crippen LogP contribution in [0.25, 0.3) is 0 Å². The molecule has 0 saturated heterocycles. The Hall–Kier alpha value is 0.310. The van der Waals surface area contributed by atoms with Crippen LogP contribution in [0.5, 0.6) is 0 Å². The standard InChI is InChI=1S/C17H37NS/c1-6-9-10-13-18(16(4)5)14-17(15-19,11-7-2)12-8-3/h16,19H,6-15H2,1-5H3. The van der Waals surface area contributed by atoms with Gasteiger partial charge in [-0.3, -0.25) is 0 Å². The summed E-state index contributed by atoms with van der Waals surface area (Å²) in [6.07, 6.45) is 9.22. The Balaban J connectivity index is 4.62. The van der Waals surface area contributed by atoms with Gasteiger partial charge in [-0.25, -0.2) is 0 Å². The first-order chi connectivity index (χ1) is 9.05. The van der Waals surface area contributed by atoms with E-state index in [1.807, 2.05) is 0 Å². The Kier molecular flexibility index (Phi) is 11.2. The first-order valence-electron chi connectivity index (χ1n) is 8.40. The van der Waals surface area contributed by atoms with E-state index in [4.69, 9.17) is 12.6 Å². The lowest BCUT2D eigenvalue weighted by Crippen LogP contribution is -2.43. The highest BCUT2D eigenvalue weighted by atomic mass is 32.1. The van der Waals surface area contributed by atoms with Crippen molar-refractivity contribution in [3.05, 3.63) is 0 Å². The normalized spacial score (nSPS) is 12.6. The van der Waals surface area contributed by atoms with Crippen LogP contribution >= 0.6 is 12.6 Å². The summed E-state index contributed by atoms with van der Waals surface area (Å²) in [5.41, 5.74) is 0.434. The molecule has 0 atom stereocenters. The second-order valence-corrected chi connectivity index (χ2v) is 6.75. The van der Waals surface area contributed by atoms with E-state index >= 15 is 0 Å². The largest absolute Gasteiger partial charge is 0.300 e. The second kappa shape index (κ2) is 11.0. The summed E-state index contributed by atoms with van der Waals surface area (Å²) < 4.78 is 0. The lowest BCUT2D eigenvalue weighted by atomic mass is 9.80. The topological polar surface area (TPSA) is 3.24 Å². The third-order valence-electron chi connectivity index (χ3n) is 4.21. The molecule has 0 N–H and O–H groups in total. The first kappa shape index (κ1) is 19.3. The number of nitrogens with zero attached hydrogens (tertiary/aromatic N) is 1. The van der Waals surface area contributed by atoms with Crippen molar-refractivity contribution in [3.63, 3.8) is 0 Å². The molecule has 19 heavy (non-hydrogen) atoms. The molecule has 0 aliphatic carbocycles. The quantitative estimate of drug-likeness (QED) is 0.371. The van der Waals surface area contributed by atoms with Crippen LogP contribution in [0.4, 0.5) is 0 Å². The van der Waals surface area contributed by atoms with Crippen LogP contribution in [0.3, 0.4) is 0 Å². The molecule has 0 aromatic heterocycles. The zero-order valence-electron chi connectivity index (χ0n) is 14.0.